The minimum Gasteiger partial charge on any atom is -0.369 e. The van der Waals surface area contributed by atoms with Crippen molar-refractivity contribution in [2.24, 2.45) is 5.92 Å². The van der Waals surface area contributed by atoms with Crippen LogP contribution in [0, 0.1) is 17.8 Å². The van der Waals surface area contributed by atoms with E-state index in [4.69, 9.17) is 0 Å². The van der Waals surface area contributed by atoms with E-state index >= 15 is 0 Å². The summed E-state index contributed by atoms with van der Waals surface area (Å²) in [7, 11) is 4.20. The van der Waals surface area contributed by atoms with Gasteiger partial charge in [-0.05, 0) is 5.92 Å². The molecule has 0 radical (unpaired) electrons. The van der Waals surface area contributed by atoms with Crippen LogP contribution in [0.1, 0.15) is 25.0 Å². The highest BCUT2D eigenvalue weighted by Gasteiger charge is 2.30. The van der Waals surface area contributed by atoms with Crippen LogP contribution in [0.15, 0.2) is 60.7 Å². The van der Waals surface area contributed by atoms with Gasteiger partial charge in [-0.1, -0.05) is 80.4 Å². The topological polar surface area (TPSA) is 24.7 Å². The first kappa shape index (κ1) is 17.3. The molecule has 23 heavy (non-hydrogen) atoms. The van der Waals surface area contributed by atoms with Gasteiger partial charge in [0.1, 0.15) is 0 Å². The van der Waals surface area contributed by atoms with Gasteiger partial charge in [0, 0.05) is 17.0 Å². The highest BCUT2D eigenvalue weighted by atomic mass is 16.3. The van der Waals surface area contributed by atoms with Crippen molar-refractivity contribution >= 4 is 0 Å². The SMILES string of the molecule is CC(C)C(C#CC(O)(c1ccccc1)c1ccccc1)[NH+](C)C. The summed E-state index contributed by atoms with van der Waals surface area (Å²) in [6.07, 6.45) is 0. The molecule has 0 aliphatic heterocycles. The van der Waals surface area contributed by atoms with Crippen molar-refractivity contribution in [3.63, 3.8) is 0 Å². The van der Waals surface area contributed by atoms with Crippen LogP contribution < -0.4 is 4.90 Å². The molecule has 2 nitrogen and oxygen atoms in total. The molecular weight excluding hydrogens is 282 g/mol. The standard InChI is InChI=1S/C21H25NO/c1-17(2)20(22(3)4)15-16-21(23,18-11-7-5-8-12-18)19-13-9-6-10-14-19/h5-14,17,20,23H,1-4H3/p+1. The number of aliphatic hydroxyl groups is 1. The predicted octanol–water partition coefficient (Wildman–Crippen LogP) is 2.09. The summed E-state index contributed by atoms with van der Waals surface area (Å²) >= 11 is 0. The van der Waals surface area contributed by atoms with Crippen molar-refractivity contribution in [1.29, 1.82) is 0 Å². The molecule has 1 unspecified atom stereocenters. The van der Waals surface area contributed by atoms with Gasteiger partial charge < -0.3 is 10.0 Å². The van der Waals surface area contributed by atoms with Crippen LogP contribution in [-0.2, 0) is 5.60 Å². The molecule has 120 valence electrons. The summed E-state index contributed by atoms with van der Waals surface area (Å²) in [5, 5.41) is 11.4. The molecule has 0 aliphatic rings. The zero-order valence-corrected chi connectivity index (χ0v) is 14.4. The lowest BCUT2D eigenvalue weighted by Crippen LogP contribution is -3.10. The van der Waals surface area contributed by atoms with E-state index in [9.17, 15) is 5.11 Å². The lowest BCUT2D eigenvalue weighted by molar-refractivity contribution is -0.880. The fraction of sp³-hybridized carbons (Fsp3) is 0.333. The highest BCUT2D eigenvalue weighted by Crippen LogP contribution is 2.28. The molecule has 2 heteroatoms. The quantitative estimate of drug-likeness (QED) is 0.831. The zero-order valence-electron chi connectivity index (χ0n) is 14.4. The predicted molar refractivity (Wildman–Crippen MR) is 95.1 cm³/mol. The van der Waals surface area contributed by atoms with E-state index in [1.807, 2.05) is 60.7 Å². The minimum atomic E-state index is -1.29. The molecular formula is C21H26NO+. The molecule has 1 atom stereocenters. The van der Waals surface area contributed by atoms with Crippen molar-refractivity contribution in [3.8, 4) is 11.8 Å². The smallest absolute Gasteiger partial charge is 0.177 e. The summed E-state index contributed by atoms with van der Waals surface area (Å²) < 4.78 is 0. The number of nitrogens with one attached hydrogen (secondary N) is 1. The van der Waals surface area contributed by atoms with Gasteiger partial charge in [0.15, 0.2) is 11.6 Å². The van der Waals surface area contributed by atoms with Crippen molar-refractivity contribution in [3.05, 3.63) is 71.8 Å². The molecule has 0 saturated carbocycles. The average Bonchev–Trinajstić information content (AvgIpc) is 2.55. The largest absolute Gasteiger partial charge is 0.369 e. The Morgan fingerprint density at radius 2 is 1.30 bits per heavy atom. The number of rotatable bonds is 4. The molecule has 0 fully saturated rings. The van der Waals surface area contributed by atoms with Gasteiger partial charge in [-0.25, -0.2) is 0 Å². The van der Waals surface area contributed by atoms with Crippen LogP contribution in [0.5, 0.6) is 0 Å². The van der Waals surface area contributed by atoms with Gasteiger partial charge in [0.05, 0.1) is 14.1 Å². The van der Waals surface area contributed by atoms with E-state index in [1.165, 1.54) is 4.90 Å². The van der Waals surface area contributed by atoms with Crippen molar-refractivity contribution in [2.45, 2.75) is 25.5 Å². The maximum absolute atomic E-state index is 11.4. The highest BCUT2D eigenvalue weighted by molar-refractivity contribution is 5.44. The molecule has 0 aliphatic carbocycles. The third kappa shape index (κ3) is 4.01. The lowest BCUT2D eigenvalue weighted by Gasteiger charge is -2.25. The van der Waals surface area contributed by atoms with Crippen molar-refractivity contribution < 1.29 is 10.0 Å². The summed E-state index contributed by atoms with van der Waals surface area (Å²) in [4.78, 5) is 1.27. The minimum absolute atomic E-state index is 0.175. The van der Waals surface area contributed by atoms with E-state index in [0.717, 1.165) is 11.1 Å². The molecule has 2 rings (SSSR count). The number of hydrogen-bond donors (Lipinski definition) is 2. The molecule has 0 amide bonds. The number of benzene rings is 2. The van der Waals surface area contributed by atoms with Gasteiger partial charge in [0.25, 0.3) is 0 Å². The van der Waals surface area contributed by atoms with Crippen LogP contribution in [0.4, 0.5) is 0 Å². The summed E-state index contributed by atoms with van der Waals surface area (Å²) in [6, 6.07) is 19.5. The van der Waals surface area contributed by atoms with E-state index in [0.29, 0.717) is 5.92 Å². The second-order valence-corrected chi connectivity index (χ2v) is 6.51. The molecule has 2 aromatic carbocycles. The maximum Gasteiger partial charge on any atom is 0.177 e. The zero-order chi connectivity index (χ0) is 16.9. The number of quaternary nitrogens is 1. The van der Waals surface area contributed by atoms with Crippen molar-refractivity contribution in [1.82, 2.24) is 0 Å². The Morgan fingerprint density at radius 3 is 1.65 bits per heavy atom. The molecule has 0 bridgehead atoms. The van der Waals surface area contributed by atoms with Gasteiger partial charge in [-0.2, -0.15) is 0 Å². The molecule has 0 heterocycles. The van der Waals surface area contributed by atoms with E-state index in [1.54, 1.807) is 0 Å². The summed E-state index contributed by atoms with van der Waals surface area (Å²) in [5.74, 6) is 6.92. The van der Waals surface area contributed by atoms with Gasteiger partial charge in [0.2, 0.25) is 0 Å². The molecule has 0 spiro atoms. The molecule has 0 aromatic heterocycles. The maximum atomic E-state index is 11.4. The molecule has 2 N–H and O–H groups in total. The third-order valence-corrected chi connectivity index (χ3v) is 4.08. The van der Waals surface area contributed by atoms with Crippen LogP contribution in [0.25, 0.3) is 0 Å². The fourth-order valence-corrected chi connectivity index (χ4v) is 2.83. The second-order valence-electron chi connectivity index (χ2n) is 6.51. The Morgan fingerprint density at radius 1 is 0.870 bits per heavy atom. The van der Waals surface area contributed by atoms with Gasteiger partial charge in [-0.15, -0.1) is 0 Å². The molecule has 0 saturated heterocycles. The Labute approximate surface area is 139 Å². The first-order chi connectivity index (χ1) is 10.9. The van der Waals surface area contributed by atoms with E-state index in [-0.39, 0.29) is 6.04 Å². The van der Waals surface area contributed by atoms with Crippen LogP contribution in [0.2, 0.25) is 0 Å². The van der Waals surface area contributed by atoms with Crippen LogP contribution in [0.3, 0.4) is 0 Å². The monoisotopic (exact) mass is 308 g/mol. The first-order valence-electron chi connectivity index (χ1n) is 8.11. The van der Waals surface area contributed by atoms with Crippen molar-refractivity contribution in [2.75, 3.05) is 14.1 Å². The van der Waals surface area contributed by atoms with Gasteiger partial charge in [-0.3, -0.25) is 0 Å². The Kier molecular flexibility index (Phi) is 5.60. The Balaban J connectivity index is 2.53. The van der Waals surface area contributed by atoms with E-state index in [2.05, 4.69) is 39.8 Å². The summed E-state index contributed by atoms with van der Waals surface area (Å²) in [5.41, 5.74) is 0.315. The second kappa shape index (κ2) is 7.46. The Bertz CT molecular complexity index is 618. The van der Waals surface area contributed by atoms with Crippen LogP contribution in [-0.4, -0.2) is 25.2 Å². The normalized spacial score (nSPS) is 12.8. The number of hydrogen-bond acceptors (Lipinski definition) is 1. The van der Waals surface area contributed by atoms with E-state index < -0.39 is 5.60 Å². The average molecular weight is 308 g/mol. The first-order valence-corrected chi connectivity index (χ1v) is 8.11. The molecule has 2 aromatic rings. The lowest BCUT2D eigenvalue weighted by atomic mass is 9.86. The Hall–Kier alpha value is -2.08. The van der Waals surface area contributed by atoms with Gasteiger partial charge >= 0.3 is 0 Å². The summed E-state index contributed by atoms with van der Waals surface area (Å²) in [6.45, 7) is 4.33. The fourth-order valence-electron chi connectivity index (χ4n) is 2.83. The van der Waals surface area contributed by atoms with Crippen LogP contribution >= 0.6 is 0 Å². The third-order valence-electron chi connectivity index (χ3n) is 4.08.